The highest BCUT2D eigenvalue weighted by Crippen LogP contribution is 2.26. The molecule has 2 aromatic carbocycles. The van der Waals surface area contributed by atoms with Crippen LogP contribution in [0.1, 0.15) is 41.8 Å². The molecule has 1 atom stereocenters. The van der Waals surface area contributed by atoms with Crippen LogP contribution in [0.5, 0.6) is 0 Å². The first-order chi connectivity index (χ1) is 17.1. The van der Waals surface area contributed by atoms with E-state index in [0.29, 0.717) is 51.1 Å². The summed E-state index contributed by atoms with van der Waals surface area (Å²) in [4.78, 5) is 42.9. The van der Waals surface area contributed by atoms with Crippen molar-refractivity contribution in [2.24, 2.45) is 11.8 Å². The van der Waals surface area contributed by atoms with E-state index in [1.54, 1.807) is 12.3 Å². The summed E-state index contributed by atoms with van der Waals surface area (Å²) in [7, 11) is 0. The largest absolute Gasteiger partial charge is 0.467 e. The SMILES string of the molecule is O=C(NCc1ccco1)C1CCN(C(=O)C2CCCN(C(=O)c3cccc4ccccc34)C2)CC1. The maximum Gasteiger partial charge on any atom is 0.254 e. The zero-order valence-corrected chi connectivity index (χ0v) is 19.8. The topological polar surface area (TPSA) is 82.9 Å². The standard InChI is InChI=1S/C28H31N3O4/c32-26(29-18-23-9-5-17-35-23)21-12-15-30(16-13-21)27(33)22-8-4-14-31(19-22)28(34)25-11-3-7-20-6-1-2-10-24(20)25/h1-3,5-7,9-11,17,21-22H,4,8,12-16,18-19H2,(H,29,32). The number of benzene rings is 2. The van der Waals surface area contributed by atoms with E-state index >= 15 is 0 Å². The third-order valence-corrected chi connectivity index (χ3v) is 7.27. The van der Waals surface area contributed by atoms with Gasteiger partial charge in [-0.1, -0.05) is 36.4 Å². The maximum absolute atomic E-state index is 13.4. The Morgan fingerprint density at radius 3 is 2.46 bits per heavy atom. The lowest BCUT2D eigenvalue weighted by Crippen LogP contribution is -2.49. The Labute approximate surface area is 205 Å². The number of fused-ring (bicyclic) bond motifs is 1. The van der Waals surface area contributed by atoms with Crippen molar-refractivity contribution in [1.82, 2.24) is 15.1 Å². The Kier molecular flexibility index (Phi) is 6.84. The Morgan fingerprint density at radius 2 is 1.66 bits per heavy atom. The van der Waals surface area contributed by atoms with Crippen LogP contribution < -0.4 is 5.32 Å². The zero-order chi connectivity index (χ0) is 24.2. The summed E-state index contributed by atoms with van der Waals surface area (Å²) < 4.78 is 5.27. The molecule has 5 rings (SSSR count). The molecule has 0 radical (unpaired) electrons. The van der Waals surface area contributed by atoms with Gasteiger partial charge in [-0.15, -0.1) is 0 Å². The number of hydrogen-bond donors (Lipinski definition) is 1. The van der Waals surface area contributed by atoms with Gasteiger partial charge in [0.25, 0.3) is 5.91 Å². The van der Waals surface area contributed by atoms with Gasteiger partial charge in [-0.25, -0.2) is 0 Å². The van der Waals surface area contributed by atoms with Crippen molar-refractivity contribution in [3.05, 3.63) is 72.2 Å². The van der Waals surface area contributed by atoms with Crippen molar-refractivity contribution in [1.29, 1.82) is 0 Å². The third kappa shape index (κ3) is 5.09. The Hall–Kier alpha value is -3.61. The molecule has 35 heavy (non-hydrogen) atoms. The molecule has 1 unspecified atom stereocenters. The van der Waals surface area contributed by atoms with Crippen molar-refractivity contribution in [2.45, 2.75) is 32.2 Å². The summed E-state index contributed by atoms with van der Waals surface area (Å²) in [6, 6.07) is 17.3. The van der Waals surface area contributed by atoms with Gasteiger partial charge in [-0.3, -0.25) is 14.4 Å². The molecule has 182 valence electrons. The number of carbonyl (C=O) groups is 3. The smallest absolute Gasteiger partial charge is 0.254 e. The van der Waals surface area contributed by atoms with E-state index in [1.165, 1.54) is 0 Å². The molecule has 3 amide bonds. The number of hydrogen-bond acceptors (Lipinski definition) is 4. The van der Waals surface area contributed by atoms with Crippen LogP contribution in [-0.4, -0.2) is 53.7 Å². The minimum atomic E-state index is -0.188. The molecule has 3 heterocycles. The summed E-state index contributed by atoms with van der Waals surface area (Å²) in [6.07, 6.45) is 4.51. The first-order valence-electron chi connectivity index (χ1n) is 12.5. The predicted molar refractivity (Wildman–Crippen MR) is 132 cm³/mol. The minimum Gasteiger partial charge on any atom is -0.467 e. The first kappa shape index (κ1) is 23.1. The second-order valence-corrected chi connectivity index (χ2v) is 9.51. The second kappa shape index (κ2) is 10.3. The quantitative estimate of drug-likeness (QED) is 0.610. The molecule has 2 saturated heterocycles. The molecule has 1 aromatic heterocycles. The summed E-state index contributed by atoms with van der Waals surface area (Å²) >= 11 is 0. The van der Waals surface area contributed by atoms with Gasteiger partial charge in [-0.2, -0.15) is 0 Å². The molecule has 0 aliphatic carbocycles. The van der Waals surface area contributed by atoms with Crippen molar-refractivity contribution in [3.8, 4) is 0 Å². The average molecular weight is 474 g/mol. The van der Waals surface area contributed by atoms with Gasteiger partial charge in [0.15, 0.2) is 0 Å². The van der Waals surface area contributed by atoms with Crippen molar-refractivity contribution >= 4 is 28.5 Å². The van der Waals surface area contributed by atoms with Crippen LogP contribution in [0.3, 0.4) is 0 Å². The summed E-state index contributed by atoms with van der Waals surface area (Å²) in [5.74, 6) is 0.557. The van der Waals surface area contributed by atoms with Gasteiger partial charge in [0, 0.05) is 37.7 Å². The number of piperidine rings is 2. The fourth-order valence-corrected chi connectivity index (χ4v) is 5.30. The Morgan fingerprint density at radius 1 is 0.857 bits per heavy atom. The van der Waals surface area contributed by atoms with E-state index in [0.717, 1.165) is 29.4 Å². The summed E-state index contributed by atoms with van der Waals surface area (Å²) in [5, 5.41) is 4.91. The van der Waals surface area contributed by atoms with Crippen LogP contribution in [0.4, 0.5) is 0 Å². The fraction of sp³-hybridized carbons (Fsp3) is 0.393. The monoisotopic (exact) mass is 473 g/mol. The van der Waals surface area contributed by atoms with Crippen molar-refractivity contribution < 1.29 is 18.8 Å². The molecule has 2 aliphatic rings. The molecule has 1 N–H and O–H groups in total. The number of rotatable bonds is 5. The highest BCUT2D eigenvalue weighted by atomic mass is 16.3. The number of likely N-dealkylation sites (tertiary alicyclic amines) is 2. The average Bonchev–Trinajstić information content (AvgIpc) is 3.44. The molecule has 0 spiro atoms. The molecule has 7 heteroatoms. The van der Waals surface area contributed by atoms with Crippen molar-refractivity contribution in [3.63, 3.8) is 0 Å². The number of nitrogens with one attached hydrogen (secondary N) is 1. The zero-order valence-electron chi connectivity index (χ0n) is 19.8. The lowest BCUT2D eigenvalue weighted by Gasteiger charge is -2.37. The number of carbonyl (C=O) groups excluding carboxylic acids is 3. The van der Waals surface area contributed by atoms with E-state index in [2.05, 4.69) is 5.32 Å². The van der Waals surface area contributed by atoms with E-state index in [4.69, 9.17) is 4.42 Å². The minimum absolute atomic E-state index is 0.00811. The Balaban J connectivity index is 1.16. The highest BCUT2D eigenvalue weighted by molar-refractivity contribution is 6.07. The molecule has 7 nitrogen and oxygen atoms in total. The van der Waals surface area contributed by atoms with Crippen LogP contribution in [0.15, 0.2) is 65.3 Å². The Bertz CT molecular complexity index is 1190. The molecule has 2 aliphatic heterocycles. The first-order valence-corrected chi connectivity index (χ1v) is 12.5. The number of nitrogens with zero attached hydrogens (tertiary/aromatic N) is 2. The summed E-state index contributed by atoms with van der Waals surface area (Å²) in [6.45, 7) is 2.65. The van der Waals surface area contributed by atoms with Crippen LogP contribution in [0.2, 0.25) is 0 Å². The normalized spacial score (nSPS) is 19.0. The molecule has 0 bridgehead atoms. The molecule has 3 aromatic rings. The number of furan rings is 1. The third-order valence-electron chi connectivity index (χ3n) is 7.27. The molecule has 2 fully saturated rings. The number of amides is 3. The van der Waals surface area contributed by atoms with Gasteiger partial charge in [0.2, 0.25) is 11.8 Å². The second-order valence-electron chi connectivity index (χ2n) is 9.51. The van der Waals surface area contributed by atoms with E-state index in [9.17, 15) is 14.4 Å². The fourth-order valence-electron chi connectivity index (χ4n) is 5.30. The lowest BCUT2D eigenvalue weighted by molar-refractivity contribution is -0.140. The van der Waals surface area contributed by atoms with Crippen molar-refractivity contribution in [2.75, 3.05) is 26.2 Å². The van der Waals surface area contributed by atoms with E-state index < -0.39 is 0 Å². The summed E-state index contributed by atoms with van der Waals surface area (Å²) in [5.41, 5.74) is 0.692. The molecular formula is C28H31N3O4. The van der Waals surface area contributed by atoms with Gasteiger partial charge >= 0.3 is 0 Å². The molecule has 0 saturated carbocycles. The highest BCUT2D eigenvalue weighted by Gasteiger charge is 2.34. The van der Waals surface area contributed by atoms with E-state index in [1.807, 2.05) is 58.3 Å². The van der Waals surface area contributed by atoms with Crippen LogP contribution in [-0.2, 0) is 16.1 Å². The van der Waals surface area contributed by atoms with Gasteiger partial charge in [-0.05, 0) is 54.7 Å². The predicted octanol–water partition coefficient (Wildman–Crippen LogP) is 3.84. The van der Waals surface area contributed by atoms with E-state index in [-0.39, 0.29) is 29.6 Å². The van der Waals surface area contributed by atoms with Gasteiger partial charge in [0.05, 0.1) is 18.7 Å². The van der Waals surface area contributed by atoms with Gasteiger partial charge < -0.3 is 19.5 Å². The van der Waals surface area contributed by atoms with Crippen LogP contribution >= 0.6 is 0 Å². The molecular weight excluding hydrogens is 442 g/mol. The maximum atomic E-state index is 13.4. The lowest BCUT2D eigenvalue weighted by atomic mass is 9.92. The van der Waals surface area contributed by atoms with Crippen LogP contribution in [0, 0.1) is 11.8 Å². The van der Waals surface area contributed by atoms with Gasteiger partial charge in [0.1, 0.15) is 5.76 Å². The van der Waals surface area contributed by atoms with Crippen LogP contribution in [0.25, 0.3) is 10.8 Å².